The van der Waals surface area contributed by atoms with Gasteiger partial charge in [-0.2, -0.15) is 0 Å². The van der Waals surface area contributed by atoms with E-state index in [9.17, 15) is 4.79 Å². The van der Waals surface area contributed by atoms with E-state index in [1.54, 1.807) is 6.20 Å². The number of hydrogen-bond acceptors (Lipinski definition) is 6. The molecule has 0 fully saturated rings. The van der Waals surface area contributed by atoms with Gasteiger partial charge in [-0.25, -0.2) is 14.8 Å². The Morgan fingerprint density at radius 1 is 1.73 bits per heavy atom. The summed E-state index contributed by atoms with van der Waals surface area (Å²) in [7, 11) is 1.33. The van der Waals surface area contributed by atoms with E-state index in [2.05, 4.69) is 36.0 Å². The highest BCUT2D eigenvalue weighted by molar-refractivity contribution is 9.10. The quantitative estimate of drug-likeness (QED) is 0.627. The molecule has 1 N–H and O–H groups in total. The summed E-state index contributed by atoms with van der Waals surface area (Å²) in [5, 5.41) is 4.35. The maximum atomic E-state index is 11.0. The van der Waals surface area contributed by atoms with Crippen LogP contribution >= 0.6 is 27.7 Å². The average Bonchev–Trinajstić information content (AvgIpc) is 2.59. The molecule has 0 aliphatic carbocycles. The van der Waals surface area contributed by atoms with Gasteiger partial charge in [0.15, 0.2) is 5.82 Å². The number of hydrogen-bond donors (Lipinski definition) is 1. The highest BCUT2D eigenvalue weighted by Crippen LogP contribution is 2.38. The summed E-state index contributed by atoms with van der Waals surface area (Å²) in [6, 6.07) is 0. The zero-order valence-electron chi connectivity index (χ0n) is 7.65. The van der Waals surface area contributed by atoms with E-state index in [4.69, 9.17) is 0 Å². The predicted octanol–water partition coefficient (Wildman–Crippen LogP) is 1.77. The molecule has 0 aromatic carbocycles. The number of nitrogens with one attached hydrogen (secondary N) is 1. The van der Waals surface area contributed by atoms with Crippen LogP contribution in [0.25, 0.3) is 0 Å². The summed E-state index contributed by atoms with van der Waals surface area (Å²) in [5.74, 6) is 0.246. The standard InChI is InChI=1S/C8H6BrN3O2S/c1-14-6(13)2-5-12-7-8(15-5)11-4(9)3-10-7/h2-3H,1H3,(H,10,12)/b5-2+. The minimum atomic E-state index is -0.406. The van der Waals surface area contributed by atoms with Gasteiger partial charge < -0.3 is 10.1 Å². The van der Waals surface area contributed by atoms with E-state index in [-0.39, 0.29) is 0 Å². The van der Waals surface area contributed by atoms with E-state index in [1.807, 2.05) is 0 Å². The van der Waals surface area contributed by atoms with Crippen LogP contribution in [0.5, 0.6) is 0 Å². The van der Waals surface area contributed by atoms with Crippen LogP contribution in [-0.2, 0) is 9.53 Å². The predicted molar refractivity (Wildman–Crippen MR) is 59.3 cm³/mol. The molecule has 1 aromatic rings. The third-order valence-corrected chi connectivity index (χ3v) is 2.91. The lowest BCUT2D eigenvalue weighted by Crippen LogP contribution is -1.99. The van der Waals surface area contributed by atoms with E-state index in [0.717, 1.165) is 5.03 Å². The Morgan fingerprint density at radius 3 is 3.27 bits per heavy atom. The van der Waals surface area contributed by atoms with Crippen molar-refractivity contribution in [2.24, 2.45) is 0 Å². The van der Waals surface area contributed by atoms with Crippen molar-refractivity contribution < 1.29 is 9.53 Å². The van der Waals surface area contributed by atoms with Gasteiger partial charge in [0.05, 0.1) is 24.4 Å². The van der Waals surface area contributed by atoms with Crippen molar-refractivity contribution in [3.8, 4) is 0 Å². The van der Waals surface area contributed by atoms with Crippen LogP contribution < -0.4 is 5.32 Å². The fraction of sp³-hybridized carbons (Fsp3) is 0.125. The second-order valence-corrected chi connectivity index (χ2v) is 4.45. The van der Waals surface area contributed by atoms with E-state index < -0.39 is 5.97 Å². The highest BCUT2D eigenvalue weighted by atomic mass is 79.9. The topological polar surface area (TPSA) is 64.1 Å². The van der Waals surface area contributed by atoms with Crippen LogP contribution in [0.1, 0.15) is 0 Å². The number of rotatable bonds is 1. The first kappa shape index (κ1) is 10.4. The summed E-state index contributed by atoms with van der Waals surface area (Å²) in [6.07, 6.45) is 2.95. The number of anilines is 1. The molecule has 0 amide bonds. The van der Waals surface area contributed by atoms with E-state index in [1.165, 1.54) is 24.9 Å². The first-order chi connectivity index (χ1) is 7.19. The number of nitrogens with zero attached hydrogens (tertiary/aromatic N) is 2. The number of ether oxygens (including phenoxy) is 1. The second kappa shape index (κ2) is 4.19. The minimum Gasteiger partial charge on any atom is -0.466 e. The molecule has 7 heteroatoms. The third-order valence-electron chi connectivity index (χ3n) is 1.61. The van der Waals surface area contributed by atoms with Gasteiger partial charge in [0.25, 0.3) is 0 Å². The lowest BCUT2D eigenvalue weighted by Gasteiger charge is -1.96. The summed E-state index contributed by atoms with van der Waals surface area (Å²) < 4.78 is 5.18. The van der Waals surface area contributed by atoms with Crippen molar-refractivity contribution in [2.45, 2.75) is 5.03 Å². The molecule has 0 saturated carbocycles. The minimum absolute atomic E-state index is 0.406. The molecule has 78 valence electrons. The van der Waals surface area contributed by atoms with Gasteiger partial charge in [-0.3, -0.25) is 0 Å². The van der Waals surface area contributed by atoms with Gasteiger partial charge in [-0.05, 0) is 27.7 Å². The largest absolute Gasteiger partial charge is 0.466 e. The first-order valence-electron chi connectivity index (χ1n) is 3.96. The summed E-state index contributed by atoms with van der Waals surface area (Å²) >= 11 is 4.56. The Hall–Kier alpha value is -1.08. The number of carbonyl (C=O) groups excluding carboxylic acids is 1. The molecule has 0 radical (unpaired) electrons. The number of carbonyl (C=O) groups is 1. The van der Waals surface area contributed by atoms with E-state index >= 15 is 0 Å². The number of fused-ring (bicyclic) bond motifs is 1. The smallest absolute Gasteiger partial charge is 0.333 e. The average molecular weight is 288 g/mol. The van der Waals surface area contributed by atoms with Gasteiger partial charge >= 0.3 is 5.97 Å². The van der Waals surface area contributed by atoms with E-state index in [0.29, 0.717) is 15.5 Å². The first-order valence-corrected chi connectivity index (χ1v) is 5.57. The third kappa shape index (κ3) is 2.29. The molecule has 1 aliphatic heterocycles. The van der Waals surface area contributed by atoms with Gasteiger partial charge in [0.2, 0.25) is 0 Å². The molecule has 5 nitrogen and oxygen atoms in total. The summed E-state index contributed by atoms with van der Waals surface area (Å²) in [5.41, 5.74) is 0. The molecule has 0 unspecified atom stereocenters. The maximum absolute atomic E-state index is 11.0. The number of esters is 1. The molecular weight excluding hydrogens is 282 g/mol. The van der Waals surface area contributed by atoms with Crippen molar-refractivity contribution in [2.75, 3.05) is 12.4 Å². The fourth-order valence-electron chi connectivity index (χ4n) is 0.987. The fourth-order valence-corrected chi connectivity index (χ4v) is 2.24. The molecule has 0 spiro atoms. The zero-order chi connectivity index (χ0) is 10.8. The Bertz CT molecular complexity index is 450. The van der Waals surface area contributed by atoms with Crippen molar-refractivity contribution in [1.29, 1.82) is 0 Å². The number of halogens is 1. The van der Waals surface area contributed by atoms with Crippen molar-refractivity contribution in [1.82, 2.24) is 9.97 Å². The van der Waals surface area contributed by atoms with Crippen molar-refractivity contribution in [3.05, 3.63) is 21.9 Å². The number of thioether (sulfide) groups is 1. The number of methoxy groups -OCH3 is 1. The molecule has 1 aromatic heterocycles. The molecule has 0 atom stereocenters. The van der Waals surface area contributed by atoms with Gasteiger partial charge in [-0.15, -0.1) is 0 Å². The van der Waals surface area contributed by atoms with Crippen LogP contribution in [0.2, 0.25) is 0 Å². The Balaban J connectivity index is 2.22. The molecule has 0 saturated heterocycles. The SMILES string of the molecule is COC(=O)/C=C1\Nc2ncc(Br)nc2S1. The molecule has 0 bridgehead atoms. The second-order valence-electron chi connectivity index (χ2n) is 2.61. The number of aromatic nitrogens is 2. The Kier molecular flexibility index (Phi) is 2.92. The van der Waals surface area contributed by atoms with Crippen LogP contribution in [0, 0.1) is 0 Å². The highest BCUT2D eigenvalue weighted by Gasteiger charge is 2.19. The summed E-state index contributed by atoms with van der Waals surface area (Å²) in [4.78, 5) is 19.3. The van der Waals surface area contributed by atoms with Crippen LogP contribution in [0.4, 0.5) is 5.82 Å². The van der Waals surface area contributed by atoms with Crippen LogP contribution in [-0.4, -0.2) is 23.0 Å². The molecule has 15 heavy (non-hydrogen) atoms. The molecule has 2 heterocycles. The van der Waals surface area contributed by atoms with Crippen molar-refractivity contribution in [3.63, 3.8) is 0 Å². The lowest BCUT2D eigenvalue weighted by molar-refractivity contribution is -0.134. The van der Waals surface area contributed by atoms with Crippen LogP contribution in [0.15, 0.2) is 26.9 Å². The zero-order valence-corrected chi connectivity index (χ0v) is 10.1. The van der Waals surface area contributed by atoms with Crippen LogP contribution in [0.3, 0.4) is 0 Å². The van der Waals surface area contributed by atoms with Gasteiger partial charge in [0.1, 0.15) is 9.63 Å². The Labute approximate surface area is 98.5 Å². The maximum Gasteiger partial charge on any atom is 0.333 e. The van der Waals surface area contributed by atoms with Gasteiger partial charge in [0, 0.05) is 0 Å². The molecule has 1 aliphatic rings. The Morgan fingerprint density at radius 2 is 2.53 bits per heavy atom. The lowest BCUT2D eigenvalue weighted by atomic mass is 10.6. The normalized spacial score (nSPS) is 16.0. The van der Waals surface area contributed by atoms with Gasteiger partial charge in [-0.1, -0.05) is 0 Å². The molecular formula is C8H6BrN3O2S. The monoisotopic (exact) mass is 287 g/mol. The molecule has 2 rings (SSSR count). The van der Waals surface area contributed by atoms with Crippen molar-refractivity contribution >= 4 is 39.5 Å². The summed E-state index contributed by atoms with van der Waals surface area (Å²) in [6.45, 7) is 0.